The first kappa shape index (κ1) is 16.8. The highest BCUT2D eigenvalue weighted by Crippen LogP contribution is 2.31. The molecule has 1 N–H and O–H groups in total. The molecule has 22 heavy (non-hydrogen) atoms. The van der Waals surface area contributed by atoms with Crippen LogP contribution in [0.15, 0.2) is 22.7 Å². The lowest BCUT2D eigenvalue weighted by atomic mass is 9.81. The first-order valence-corrected chi connectivity index (χ1v) is 8.06. The maximum Gasteiger partial charge on any atom is 0.331 e. The SMILES string of the molecule is COC(=O)C1(NC(=O)c2cc(OC)ccc2Br)CCCCC1. The monoisotopic (exact) mass is 369 g/mol. The second-order valence-corrected chi connectivity index (χ2v) is 6.29. The Kier molecular flexibility index (Phi) is 5.45. The summed E-state index contributed by atoms with van der Waals surface area (Å²) in [5, 5.41) is 2.89. The Morgan fingerprint density at radius 3 is 2.45 bits per heavy atom. The summed E-state index contributed by atoms with van der Waals surface area (Å²) in [4.78, 5) is 24.8. The van der Waals surface area contributed by atoms with Crippen molar-refractivity contribution in [1.82, 2.24) is 5.32 Å². The summed E-state index contributed by atoms with van der Waals surface area (Å²) in [6.45, 7) is 0. The Morgan fingerprint density at radius 1 is 1.18 bits per heavy atom. The van der Waals surface area contributed by atoms with E-state index >= 15 is 0 Å². The van der Waals surface area contributed by atoms with Crippen LogP contribution in [0.3, 0.4) is 0 Å². The summed E-state index contributed by atoms with van der Waals surface area (Å²) < 4.78 is 10.7. The van der Waals surface area contributed by atoms with Gasteiger partial charge in [-0.25, -0.2) is 4.79 Å². The third-order valence-electron chi connectivity index (χ3n) is 4.05. The molecule has 1 fully saturated rings. The van der Waals surface area contributed by atoms with E-state index in [2.05, 4.69) is 21.2 Å². The van der Waals surface area contributed by atoms with Crippen LogP contribution in [0.25, 0.3) is 0 Å². The highest BCUT2D eigenvalue weighted by atomic mass is 79.9. The van der Waals surface area contributed by atoms with Crippen molar-refractivity contribution >= 4 is 27.8 Å². The van der Waals surface area contributed by atoms with Crippen molar-refractivity contribution in [2.45, 2.75) is 37.6 Å². The van der Waals surface area contributed by atoms with Crippen molar-refractivity contribution in [2.75, 3.05) is 14.2 Å². The summed E-state index contributed by atoms with van der Waals surface area (Å²) in [6.07, 6.45) is 4.07. The maximum atomic E-state index is 12.6. The second kappa shape index (κ2) is 7.13. The molecule has 1 amide bonds. The number of methoxy groups -OCH3 is 2. The molecule has 0 unspecified atom stereocenters. The van der Waals surface area contributed by atoms with Crippen molar-refractivity contribution in [3.8, 4) is 5.75 Å². The third kappa shape index (κ3) is 3.43. The molecule has 0 atom stereocenters. The normalized spacial score (nSPS) is 16.7. The second-order valence-electron chi connectivity index (χ2n) is 5.43. The molecule has 120 valence electrons. The highest BCUT2D eigenvalue weighted by Gasteiger charge is 2.42. The molecule has 0 saturated heterocycles. The van der Waals surface area contributed by atoms with Gasteiger partial charge in [-0.15, -0.1) is 0 Å². The van der Waals surface area contributed by atoms with Gasteiger partial charge < -0.3 is 14.8 Å². The fourth-order valence-electron chi connectivity index (χ4n) is 2.82. The Hall–Kier alpha value is -1.56. The van der Waals surface area contributed by atoms with Gasteiger partial charge in [-0.3, -0.25) is 4.79 Å². The van der Waals surface area contributed by atoms with E-state index in [9.17, 15) is 9.59 Å². The fourth-order valence-corrected chi connectivity index (χ4v) is 3.25. The molecule has 0 heterocycles. The average molecular weight is 370 g/mol. The Bertz CT molecular complexity index is 567. The zero-order chi connectivity index (χ0) is 16.2. The van der Waals surface area contributed by atoms with Crippen molar-refractivity contribution in [1.29, 1.82) is 0 Å². The Morgan fingerprint density at radius 2 is 1.86 bits per heavy atom. The standard InChI is InChI=1S/C16H20BrNO4/c1-21-11-6-7-13(17)12(10-11)14(19)18-16(15(20)22-2)8-4-3-5-9-16/h6-7,10H,3-5,8-9H2,1-2H3,(H,18,19). The van der Waals surface area contributed by atoms with Gasteiger partial charge in [-0.05, 0) is 47.0 Å². The number of carbonyl (C=O) groups excluding carboxylic acids is 2. The molecule has 1 aliphatic carbocycles. The molecule has 6 heteroatoms. The number of carbonyl (C=O) groups is 2. The lowest BCUT2D eigenvalue weighted by molar-refractivity contribution is -0.149. The number of halogens is 1. The summed E-state index contributed by atoms with van der Waals surface area (Å²) in [5.74, 6) is -0.0956. The number of benzene rings is 1. The summed E-state index contributed by atoms with van der Waals surface area (Å²) in [7, 11) is 2.90. The quantitative estimate of drug-likeness (QED) is 0.828. The topological polar surface area (TPSA) is 64.6 Å². The van der Waals surface area contributed by atoms with Crippen molar-refractivity contribution in [2.24, 2.45) is 0 Å². The molecule has 1 aromatic rings. The first-order valence-electron chi connectivity index (χ1n) is 7.27. The van der Waals surface area contributed by atoms with Gasteiger partial charge in [0.1, 0.15) is 11.3 Å². The number of esters is 1. The Labute approximate surface area is 138 Å². The number of hydrogen-bond acceptors (Lipinski definition) is 4. The van der Waals surface area contributed by atoms with Crippen LogP contribution in [0.1, 0.15) is 42.5 Å². The van der Waals surface area contributed by atoms with E-state index in [1.807, 2.05) is 0 Å². The molecular weight excluding hydrogens is 350 g/mol. The van der Waals surface area contributed by atoms with Gasteiger partial charge in [0.15, 0.2) is 0 Å². The minimum atomic E-state index is -0.924. The van der Waals surface area contributed by atoms with Gasteiger partial charge in [-0.1, -0.05) is 19.3 Å². The van der Waals surface area contributed by atoms with Crippen LogP contribution in [0.5, 0.6) is 5.75 Å². The van der Waals surface area contributed by atoms with Crippen LogP contribution in [0.2, 0.25) is 0 Å². The molecule has 2 rings (SSSR count). The van der Waals surface area contributed by atoms with Crippen LogP contribution < -0.4 is 10.1 Å². The molecule has 1 aliphatic rings. The van der Waals surface area contributed by atoms with E-state index in [1.54, 1.807) is 25.3 Å². The molecule has 0 spiro atoms. The highest BCUT2D eigenvalue weighted by molar-refractivity contribution is 9.10. The number of ether oxygens (including phenoxy) is 2. The summed E-state index contributed by atoms with van der Waals surface area (Å²) in [5.41, 5.74) is -0.486. The predicted octanol–water partition coefficient (Wildman–Crippen LogP) is 3.06. The number of amides is 1. The van der Waals surface area contributed by atoms with Gasteiger partial charge in [0.05, 0.1) is 19.8 Å². The molecule has 0 aliphatic heterocycles. The van der Waals surface area contributed by atoms with Gasteiger partial charge in [0.2, 0.25) is 0 Å². The van der Waals surface area contributed by atoms with Crippen molar-refractivity contribution < 1.29 is 19.1 Å². The van der Waals surface area contributed by atoms with Crippen LogP contribution in [0, 0.1) is 0 Å². The zero-order valence-corrected chi connectivity index (χ0v) is 14.4. The molecule has 1 saturated carbocycles. The molecule has 0 aromatic heterocycles. The van der Waals surface area contributed by atoms with E-state index in [0.29, 0.717) is 28.6 Å². The van der Waals surface area contributed by atoms with E-state index in [4.69, 9.17) is 9.47 Å². The van der Waals surface area contributed by atoms with Crippen LogP contribution in [-0.4, -0.2) is 31.6 Å². The smallest absolute Gasteiger partial charge is 0.331 e. The largest absolute Gasteiger partial charge is 0.497 e. The Balaban J connectivity index is 2.26. The average Bonchev–Trinajstić information content (AvgIpc) is 2.55. The lowest BCUT2D eigenvalue weighted by Crippen LogP contribution is -2.56. The first-order chi connectivity index (χ1) is 10.5. The number of nitrogens with one attached hydrogen (secondary N) is 1. The lowest BCUT2D eigenvalue weighted by Gasteiger charge is -2.35. The van der Waals surface area contributed by atoms with Crippen LogP contribution in [-0.2, 0) is 9.53 Å². The van der Waals surface area contributed by atoms with E-state index in [-0.39, 0.29) is 11.9 Å². The maximum absolute atomic E-state index is 12.6. The van der Waals surface area contributed by atoms with E-state index in [1.165, 1.54) is 7.11 Å². The summed E-state index contributed by atoms with van der Waals surface area (Å²) in [6, 6.07) is 5.16. The molecule has 0 bridgehead atoms. The minimum Gasteiger partial charge on any atom is -0.497 e. The van der Waals surface area contributed by atoms with Gasteiger partial charge >= 0.3 is 5.97 Å². The fraction of sp³-hybridized carbons (Fsp3) is 0.500. The van der Waals surface area contributed by atoms with E-state index < -0.39 is 5.54 Å². The minimum absolute atomic E-state index is 0.307. The third-order valence-corrected chi connectivity index (χ3v) is 4.75. The molecule has 5 nitrogen and oxygen atoms in total. The van der Waals surface area contributed by atoms with Crippen molar-refractivity contribution in [3.05, 3.63) is 28.2 Å². The number of hydrogen-bond donors (Lipinski definition) is 1. The predicted molar refractivity (Wildman–Crippen MR) is 86.0 cm³/mol. The van der Waals surface area contributed by atoms with Crippen LogP contribution >= 0.6 is 15.9 Å². The summed E-state index contributed by atoms with van der Waals surface area (Å²) >= 11 is 3.36. The zero-order valence-electron chi connectivity index (χ0n) is 12.8. The molecule has 0 radical (unpaired) electrons. The number of rotatable bonds is 4. The van der Waals surface area contributed by atoms with Gasteiger partial charge in [0, 0.05) is 4.47 Å². The van der Waals surface area contributed by atoms with Crippen molar-refractivity contribution in [3.63, 3.8) is 0 Å². The van der Waals surface area contributed by atoms with E-state index in [0.717, 1.165) is 19.3 Å². The van der Waals surface area contributed by atoms with Gasteiger partial charge in [0.25, 0.3) is 5.91 Å². The molecule has 1 aromatic carbocycles. The molecular formula is C16H20BrNO4. The van der Waals surface area contributed by atoms with Crippen LogP contribution in [0.4, 0.5) is 0 Å². The van der Waals surface area contributed by atoms with Gasteiger partial charge in [-0.2, -0.15) is 0 Å².